The zero-order chi connectivity index (χ0) is 13.1. The van der Waals surface area contributed by atoms with Gasteiger partial charge in [-0.2, -0.15) is 0 Å². The number of halogens is 1. The first-order valence-electron chi connectivity index (χ1n) is 4.61. The van der Waals surface area contributed by atoms with Gasteiger partial charge in [0.05, 0.1) is 4.92 Å². The van der Waals surface area contributed by atoms with Crippen LogP contribution in [0.15, 0.2) is 24.3 Å². The molecule has 0 aliphatic rings. The van der Waals surface area contributed by atoms with Gasteiger partial charge in [0.15, 0.2) is 0 Å². The Morgan fingerprint density at radius 1 is 1.39 bits per heavy atom. The number of hydrogen-bond acceptors (Lipinski definition) is 6. The van der Waals surface area contributed by atoms with E-state index in [2.05, 4.69) is 15.5 Å². The number of benzene rings is 1. The van der Waals surface area contributed by atoms with Gasteiger partial charge in [-0.05, 0) is 17.7 Å². The lowest BCUT2D eigenvalue weighted by atomic mass is 10.2. The number of nitrogens with one attached hydrogen (secondary N) is 1. The Labute approximate surface area is 110 Å². The van der Waals surface area contributed by atoms with E-state index in [1.54, 1.807) is 6.07 Å². The molecule has 2 rings (SSSR count). The van der Waals surface area contributed by atoms with Crippen LogP contribution < -0.4 is 5.32 Å². The maximum absolute atomic E-state index is 11.7. The molecule has 0 saturated carbocycles. The van der Waals surface area contributed by atoms with Crippen molar-refractivity contribution < 1.29 is 9.72 Å². The highest BCUT2D eigenvalue weighted by Gasteiger charge is 2.18. The molecule has 1 heterocycles. The van der Waals surface area contributed by atoms with Crippen LogP contribution in [0.5, 0.6) is 0 Å². The number of amides is 1. The minimum atomic E-state index is -0.589. The smallest absolute Gasteiger partial charge is 0.292 e. The number of carbonyl (C=O) groups excluding carboxylic acids is 1. The summed E-state index contributed by atoms with van der Waals surface area (Å²) >= 11 is 6.44. The van der Waals surface area contributed by atoms with Gasteiger partial charge in [-0.3, -0.25) is 14.9 Å². The van der Waals surface area contributed by atoms with Crippen LogP contribution in [-0.2, 0) is 0 Å². The molecule has 1 amide bonds. The van der Waals surface area contributed by atoms with E-state index in [0.29, 0.717) is 0 Å². The molecule has 0 atom stereocenters. The van der Waals surface area contributed by atoms with Crippen LogP contribution in [0.25, 0.3) is 0 Å². The molecule has 0 fully saturated rings. The molecule has 1 aromatic carbocycles. The highest BCUT2D eigenvalue weighted by atomic mass is 35.5. The van der Waals surface area contributed by atoms with Crippen molar-refractivity contribution in [2.24, 2.45) is 0 Å². The van der Waals surface area contributed by atoms with Crippen molar-refractivity contribution in [1.29, 1.82) is 0 Å². The highest BCUT2D eigenvalue weighted by molar-refractivity contribution is 7.17. The molecule has 0 unspecified atom stereocenters. The number of para-hydroxylation sites is 2. The predicted octanol–water partition coefficient (Wildman–Crippen LogP) is 2.35. The van der Waals surface area contributed by atoms with Gasteiger partial charge in [-0.15, -0.1) is 10.2 Å². The first-order chi connectivity index (χ1) is 8.58. The van der Waals surface area contributed by atoms with Gasteiger partial charge in [0.1, 0.15) is 5.69 Å². The molecule has 18 heavy (non-hydrogen) atoms. The Kier molecular flexibility index (Phi) is 3.49. The Morgan fingerprint density at radius 2 is 2.11 bits per heavy atom. The largest absolute Gasteiger partial charge is 0.314 e. The van der Waals surface area contributed by atoms with Crippen molar-refractivity contribution >= 4 is 40.2 Å². The summed E-state index contributed by atoms with van der Waals surface area (Å²) in [5.41, 5.74) is -0.0970. The van der Waals surface area contributed by atoms with E-state index < -0.39 is 10.8 Å². The number of nitro benzene ring substituents is 1. The minimum absolute atomic E-state index is 0.0400. The third kappa shape index (κ3) is 2.60. The van der Waals surface area contributed by atoms with Gasteiger partial charge in [-0.25, -0.2) is 0 Å². The van der Waals surface area contributed by atoms with Gasteiger partial charge in [0.2, 0.25) is 9.47 Å². The molecule has 1 N–H and O–H groups in total. The van der Waals surface area contributed by atoms with E-state index in [1.807, 2.05) is 0 Å². The topological polar surface area (TPSA) is 98.0 Å². The summed E-state index contributed by atoms with van der Waals surface area (Å²) in [5, 5.41) is 20.2. The van der Waals surface area contributed by atoms with Gasteiger partial charge < -0.3 is 5.32 Å². The van der Waals surface area contributed by atoms with Gasteiger partial charge in [0.25, 0.3) is 11.6 Å². The number of nitrogens with zero attached hydrogens (tertiary/aromatic N) is 3. The first kappa shape index (κ1) is 12.4. The summed E-state index contributed by atoms with van der Waals surface area (Å²) in [4.78, 5) is 21.9. The molecular formula is C9H5ClN4O3S. The summed E-state index contributed by atoms with van der Waals surface area (Å²) in [5.74, 6) is -0.589. The van der Waals surface area contributed by atoms with E-state index in [9.17, 15) is 14.9 Å². The molecule has 0 radical (unpaired) electrons. The Morgan fingerprint density at radius 3 is 2.72 bits per heavy atom. The molecule has 1 aromatic heterocycles. The molecule has 0 bridgehead atoms. The third-order valence-electron chi connectivity index (χ3n) is 1.94. The number of hydrogen-bond donors (Lipinski definition) is 1. The fourth-order valence-electron chi connectivity index (χ4n) is 1.21. The normalized spacial score (nSPS) is 10.1. The number of rotatable bonds is 3. The Hall–Kier alpha value is -2.06. The van der Waals surface area contributed by atoms with E-state index in [-0.39, 0.29) is 20.8 Å². The van der Waals surface area contributed by atoms with E-state index >= 15 is 0 Å². The molecule has 7 nitrogen and oxygen atoms in total. The van der Waals surface area contributed by atoms with Crippen LogP contribution in [0.4, 0.5) is 11.4 Å². The first-order valence-corrected chi connectivity index (χ1v) is 5.81. The average molecular weight is 285 g/mol. The second-order valence-corrected chi connectivity index (χ2v) is 4.65. The number of anilines is 1. The number of carbonyl (C=O) groups is 1. The highest BCUT2D eigenvalue weighted by Crippen LogP contribution is 2.24. The SMILES string of the molecule is O=C(Nc1ccccc1[N+](=O)[O-])c1nnc(Cl)s1. The van der Waals surface area contributed by atoms with Crippen molar-refractivity contribution in [3.05, 3.63) is 43.9 Å². The Balaban J connectivity index is 2.24. The van der Waals surface area contributed by atoms with Crippen molar-refractivity contribution in [2.75, 3.05) is 5.32 Å². The van der Waals surface area contributed by atoms with Gasteiger partial charge in [-0.1, -0.05) is 23.5 Å². The van der Waals surface area contributed by atoms with E-state index in [1.165, 1.54) is 18.2 Å². The fraction of sp³-hybridized carbons (Fsp3) is 0. The second-order valence-electron chi connectivity index (χ2n) is 3.09. The monoisotopic (exact) mass is 284 g/mol. The van der Waals surface area contributed by atoms with Crippen molar-refractivity contribution in [3.63, 3.8) is 0 Å². The molecule has 2 aromatic rings. The van der Waals surface area contributed by atoms with Crippen molar-refractivity contribution in [3.8, 4) is 0 Å². The summed E-state index contributed by atoms with van der Waals surface area (Å²) in [6.45, 7) is 0. The predicted molar refractivity (Wildman–Crippen MR) is 66.0 cm³/mol. The van der Waals surface area contributed by atoms with E-state index in [4.69, 9.17) is 11.6 Å². The maximum Gasteiger partial charge on any atom is 0.292 e. The third-order valence-corrected chi connectivity index (χ3v) is 2.96. The quantitative estimate of drug-likeness (QED) is 0.689. The maximum atomic E-state index is 11.7. The van der Waals surface area contributed by atoms with Gasteiger partial charge in [0, 0.05) is 6.07 Å². The molecule has 9 heteroatoms. The summed E-state index contributed by atoms with van der Waals surface area (Å²) in [6, 6.07) is 5.81. The lowest BCUT2D eigenvalue weighted by Gasteiger charge is -2.02. The lowest BCUT2D eigenvalue weighted by molar-refractivity contribution is -0.383. The molecule has 0 aliphatic heterocycles. The van der Waals surface area contributed by atoms with Crippen LogP contribution in [0.1, 0.15) is 9.80 Å². The van der Waals surface area contributed by atoms with Crippen LogP contribution in [-0.4, -0.2) is 21.0 Å². The minimum Gasteiger partial charge on any atom is -0.314 e. The van der Waals surface area contributed by atoms with Crippen molar-refractivity contribution in [1.82, 2.24) is 10.2 Å². The summed E-state index contributed by atoms with van der Waals surface area (Å²) < 4.78 is 0.128. The fourth-order valence-corrected chi connectivity index (χ4v) is 1.94. The van der Waals surface area contributed by atoms with Crippen LogP contribution in [0.3, 0.4) is 0 Å². The number of nitro groups is 1. The molecule has 92 valence electrons. The second kappa shape index (κ2) is 5.07. The molecule has 0 aliphatic carbocycles. The summed E-state index contributed by atoms with van der Waals surface area (Å²) in [6.07, 6.45) is 0. The van der Waals surface area contributed by atoms with Crippen LogP contribution in [0.2, 0.25) is 4.47 Å². The standard InChI is InChI=1S/C9H5ClN4O3S/c10-9-13-12-8(18-9)7(15)11-5-3-1-2-4-6(5)14(16)17/h1-4H,(H,11,15). The zero-order valence-corrected chi connectivity index (χ0v) is 10.2. The average Bonchev–Trinajstić information content (AvgIpc) is 2.76. The van der Waals surface area contributed by atoms with Gasteiger partial charge >= 0.3 is 0 Å². The number of aromatic nitrogens is 2. The molecular weight excluding hydrogens is 280 g/mol. The van der Waals surface area contributed by atoms with E-state index in [0.717, 1.165) is 11.3 Å². The molecule has 0 saturated heterocycles. The molecule has 0 spiro atoms. The lowest BCUT2D eigenvalue weighted by Crippen LogP contribution is -2.12. The summed E-state index contributed by atoms with van der Waals surface area (Å²) in [7, 11) is 0. The Bertz CT molecular complexity index is 615. The zero-order valence-electron chi connectivity index (χ0n) is 8.66. The van der Waals surface area contributed by atoms with Crippen LogP contribution >= 0.6 is 22.9 Å². The van der Waals surface area contributed by atoms with Crippen molar-refractivity contribution in [2.45, 2.75) is 0 Å². The van der Waals surface area contributed by atoms with Crippen LogP contribution in [0, 0.1) is 10.1 Å².